The first-order valence-electron chi connectivity index (χ1n) is 7.10. The maximum absolute atomic E-state index is 12.2. The van der Waals surface area contributed by atoms with Crippen molar-refractivity contribution in [3.8, 4) is 0 Å². The predicted molar refractivity (Wildman–Crippen MR) is 89.3 cm³/mol. The third-order valence-corrected chi connectivity index (χ3v) is 4.77. The molecule has 1 aliphatic rings. The van der Waals surface area contributed by atoms with E-state index in [0.29, 0.717) is 19.0 Å². The summed E-state index contributed by atoms with van der Waals surface area (Å²) in [6.07, 6.45) is -0.247. The van der Waals surface area contributed by atoms with Gasteiger partial charge in [-0.1, -0.05) is 45.7 Å². The number of nitrogens with zero attached hydrogens (tertiary/aromatic N) is 1. The van der Waals surface area contributed by atoms with Crippen LogP contribution in [0.5, 0.6) is 0 Å². The summed E-state index contributed by atoms with van der Waals surface area (Å²) in [4.78, 5) is 14.0. The maximum atomic E-state index is 12.2. The summed E-state index contributed by atoms with van der Waals surface area (Å²) < 4.78 is 5.47. The van der Waals surface area contributed by atoms with Gasteiger partial charge in [-0.15, -0.1) is 0 Å². The fourth-order valence-electron chi connectivity index (χ4n) is 2.63. The molecule has 21 heavy (non-hydrogen) atoms. The van der Waals surface area contributed by atoms with E-state index in [0.717, 1.165) is 15.9 Å². The number of ether oxygens (including phenoxy) is 1. The van der Waals surface area contributed by atoms with Crippen molar-refractivity contribution in [3.05, 3.63) is 34.9 Å². The highest BCUT2D eigenvalue weighted by molar-refractivity contribution is 9.09. The molecule has 1 aliphatic heterocycles. The molecule has 1 saturated heterocycles. The van der Waals surface area contributed by atoms with Gasteiger partial charge in [0.05, 0.1) is 0 Å². The number of rotatable bonds is 2. The second-order valence-electron chi connectivity index (χ2n) is 6.43. The van der Waals surface area contributed by atoms with Gasteiger partial charge in [0, 0.05) is 29.4 Å². The topological polar surface area (TPSA) is 29.5 Å². The predicted octanol–water partition coefficient (Wildman–Crippen LogP) is 4.69. The van der Waals surface area contributed by atoms with Crippen LogP contribution < -0.4 is 0 Å². The Morgan fingerprint density at radius 1 is 1.38 bits per heavy atom. The highest BCUT2D eigenvalue weighted by atomic mass is 79.9. The van der Waals surface area contributed by atoms with Crippen LogP contribution in [0.3, 0.4) is 0 Å². The lowest BCUT2D eigenvalue weighted by Crippen LogP contribution is -2.35. The van der Waals surface area contributed by atoms with Gasteiger partial charge in [-0.25, -0.2) is 4.79 Å². The maximum Gasteiger partial charge on any atom is 0.410 e. The first kappa shape index (κ1) is 16.6. The monoisotopic (exact) mass is 373 g/mol. The van der Waals surface area contributed by atoms with Crippen molar-refractivity contribution in [2.45, 2.75) is 32.3 Å². The molecule has 2 rings (SSSR count). The van der Waals surface area contributed by atoms with Gasteiger partial charge in [0.15, 0.2) is 0 Å². The highest BCUT2D eigenvalue weighted by Gasteiger charge is 2.38. The SMILES string of the molecule is CC(C)(C)OC(=O)N1C[C@H](CBr)[C@@H](c2ccccc2Cl)C1. The number of amides is 1. The summed E-state index contributed by atoms with van der Waals surface area (Å²) in [5.74, 6) is 0.586. The van der Waals surface area contributed by atoms with Crippen LogP contribution in [0.2, 0.25) is 5.02 Å². The Morgan fingerprint density at radius 2 is 2.05 bits per heavy atom. The van der Waals surface area contributed by atoms with Crippen LogP contribution in [0.25, 0.3) is 0 Å². The lowest BCUT2D eigenvalue weighted by molar-refractivity contribution is 0.0288. The lowest BCUT2D eigenvalue weighted by Gasteiger charge is -2.24. The molecule has 0 aromatic heterocycles. The van der Waals surface area contributed by atoms with Crippen LogP contribution in [0.4, 0.5) is 4.79 Å². The van der Waals surface area contributed by atoms with E-state index in [2.05, 4.69) is 15.9 Å². The number of hydrogen-bond acceptors (Lipinski definition) is 2. The molecule has 0 bridgehead atoms. The average molecular weight is 375 g/mol. The Bertz CT molecular complexity index is 515. The summed E-state index contributed by atoms with van der Waals surface area (Å²) in [5.41, 5.74) is 0.637. The molecule has 0 unspecified atom stereocenters. The van der Waals surface area contributed by atoms with Gasteiger partial charge in [0.1, 0.15) is 5.60 Å². The normalized spacial score (nSPS) is 22.4. The minimum atomic E-state index is -0.469. The Morgan fingerprint density at radius 3 is 2.62 bits per heavy atom. The van der Waals surface area contributed by atoms with Gasteiger partial charge in [-0.2, -0.15) is 0 Å². The number of hydrogen-bond donors (Lipinski definition) is 0. The summed E-state index contributed by atoms with van der Waals surface area (Å²) in [5, 5.41) is 1.60. The molecule has 1 aromatic rings. The van der Waals surface area contributed by atoms with Gasteiger partial charge in [-0.05, 0) is 38.3 Å². The van der Waals surface area contributed by atoms with Crippen LogP contribution in [-0.4, -0.2) is 35.0 Å². The van der Waals surface area contributed by atoms with Gasteiger partial charge in [0.25, 0.3) is 0 Å². The van der Waals surface area contributed by atoms with Crippen molar-refractivity contribution in [1.82, 2.24) is 4.90 Å². The first-order valence-corrected chi connectivity index (χ1v) is 8.60. The van der Waals surface area contributed by atoms with E-state index < -0.39 is 5.60 Å². The Balaban J connectivity index is 2.15. The highest BCUT2D eigenvalue weighted by Crippen LogP contribution is 2.37. The number of carbonyl (C=O) groups excluding carboxylic acids is 1. The Hall–Kier alpha value is -0.740. The molecule has 116 valence electrons. The van der Waals surface area contributed by atoms with E-state index in [9.17, 15) is 4.79 Å². The van der Waals surface area contributed by atoms with Gasteiger partial charge < -0.3 is 9.64 Å². The van der Waals surface area contributed by atoms with Crippen LogP contribution in [0.1, 0.15) is 32.3 Å². The molecule has 0 N–H and O–H groups in total. The zero-order chi connectivity index (χ0) is 15.6. The van der Waals surface area contributed by atoms with E-state index in [-0.39, 0.29) is 12.0 Å². The van der Waals surface area contributed by atoms with E-state index in [4.69, 9.17) is 16.3 Å². The van der Waals surface area contributed by atoms with Crippen molar-refractivity contribution in [2.75, 3.05) is 18.4 Å². The smallest absolute Gasteiger partial charge is 0.410 e. The molecule has 0 spiro atoms. The van der Waals surface area contributed by atoms with Crippen LogP contribution in [-0.2, 0) is 4.74 Å². The molecular weight excluding hydrogens is 354 g/mol. The average Bonchev–Trinajstić information content (AvgIpc) is 2.81. The second kappa shape index (κ2) is 6.57. The first-order chi connectivity index (χ1) is 9.81. The molecule has 1 heterocycles. The van der Waals surface area contributed by atoms with E-state index in [1.807, 2.05) is 45.0 Å². The minimum Gasteiger partial charge on any atom is -0.444 e. The quantitative estimate of drug-likeness (QED) is 0.703. The second-order valence-corrected chi connectivity index (χ2v) is 7.48. The molecular formula is C16H21BrClNO2. The van der Waals surface area contributed by atoms with Crippen LogP contribution in [0, 0.1) is 5.92 Å². The summed E-state index contributed by atoms with van der Waals surface area (Å²) in [6.45, 7) is 6.99. The molecule has 1 amide bonds. The van der Waals surface area contributed by atoms with Gasteiger partial charge in [0.2, 0.25) is 0 Å². The minimum absolute atomic E-state index is 0.241. The molecule has 1 aromatic carbocycles. The number of likely N-dealkylation sites (tertiary alicyclic amines) is 1. The fourth-order valence-corrected chi connectivity index (χ4v) is 3.56. The molecule has 3 nitrogen and oxygen atoms in total. The van der Waals surface area contributed by atoms with Crippen LogP contribution in [0.15, 0.2) is 24.3 Å². The van der Waals surface area contributed by atoms with Crippen molar-refractivity contribution in [2.24, 2.45) is 5.92 Å². The van der Waals surface area contributed by atoms with Crippen molar-refractivity contribution in [3.63, 3.8) is 0 Å². The largest absolute Gasteiger partial charge is 0.444 e. The van der Waals surface area contributed by atoms with E-state index >= 15 is 0 Å². The van der Waals surface area contributed by atoms with Crippen molar-refractivity contribution < 1.29 is 9.53 Å². The molecule has 0 aliphatic carbocycles. The zero-order valence-electron chi connectivity index (χ0n) is 12.6. The third-order valence-electron chi connectivity index (χ3n) is 3.60. The number of benzene rings is 1. The third kappa shape index (κ3) is 4.13. The number of carbonyl (C=O) groups is 1. The summed E-state index contributed by atoms with van der Waals surface area (Å²) in [7, 11) is 0. The van der Waals surface area contributed by atoms with Crippen molar-refractivity contribution >= 4 is 33.6 Å². The molecule has 2 atom stereocenters. The fraction of sp³-hybridized carbons (Fsp3) is 0.562. The van der Waals surface area contributed by atoms with Crippen molar-refractivity contribution in [1.29, 1.82) is 0 Å². The number of alkyl halides is 1. The molecule has 0 saturated carbocycles. The Kier molecular flexibility index (Phi) is 5.20. The van der Waals surface area contributed by atoms with E-state index in [1.54, 1.807) is 4.90 Å². The Labute approximate surface area is 139 Å². The summed E-state index contributed by atoms with van der Waals surface area (Å²) in [6, 6.07) is 7.86. The van der Waals surface area contributed by atoms with E-state index in [1.165, 1.54) is 0 Å². The molecule has 5 heteroatoms. The molecule has 0 radical (unpaired) electrons. The zero-order valence-corrected chi connectivity index (χ0v) is 14.9. The summed E-state index contributed by atoms with van der Waals surface area (Å²) >= 11 is 9.86. The molecule has 1 fully saturated rings. The van der Waals surface area contributed by atoms with Gasteiger partial charge >= 0.3 is 6.09 Å². The number of halogens is 2. The van der Waals surface area contributed by atoms with Gasteiger partial charge in [-0.3, -0.25) is 0 Å². The standard InChI is InChI=1S/C16H21BrClNO2/c1-16(2,3)21-15(20)19-9-11(8-17)13(10-19)12-6-4-5-7-14(12)18/h4-7,11,13H,8-10H2,1-3H3/t11-,13-/m0/s1. The van der Waals surface area contributed by atoms with Crippen LogP contribution >= 0.6 is 27.5 Å². The lowest BCUT2D eigenvalue weighted by atomic mass is 9.90.